The molecule has 0 aliphatic heterocycles. The second-order valence-electron chi connectivity index (χ2n) is 4.46. The maximum absolute atomic E-state index is 12.0. The molecule has 1 rings (SSSR count). The zero-order valence-corrected chi connectivity index (χ0v) is 13.3. The molecule has 0 saturated carbocycles. The van der Waals surface area contributed by atoms with Gasteiger partial charge in [0.2, 0.25) is 0 Å². The van der Waals surface area contributed by atoms with Crippen LogP contribution in [0.25, 0.3) is 0 Å². The Labute approximate surface area is 130 Å². The van der Waals surface area contributed by atoms with Gasteiger partial charge in [0.15, 0.2) is 11.5 Å². The Hall–Kier alpha value is -1.46. The minimum absolute atomic E-state index is 0.233. The van der Waals surface area contributed by atoms with Crippen LogP contribution in [0.4, 0.5) is 0 Å². The van der Waals surface area contributed by atoms with E-state index in [4.69, 9.17) is 26.8 Å². The van der Waals surface area contributed by atoms with Crippen molar-refractivity contribution in [3.05, 3.63) is 22.7 Å². The maximum Gasteiger partial charge on any atom is 0.251 e. The number of carbonyl (C=O) groups excluding carboxylic acids is 1. The molecule has 0 spiro atoms. The van der Waals surface area contributed by atoms with Crippen LogP contribution in [0.2, 0.25) is 5.02 Å². The predicted molar refractivity (Wildman–Crippen MR) is 84.4 cm³/mol. The molecule has 1 amide bonds. The van der Waals surface area contributed by atoms with Crippen LogP contribution in [0.3, 0.4) is 0 Å². The summed E-state index contributed by atoms with van der Waals surface area (Å²) in [5.74, 6) is 0.741. The van der Waals surface area contributed by atoms with Gasteiger partial charge in [-0.05, 0) is 25.5 Å². The van der Waals surface area contributed by atoms with Gasteiger partial charge < -0.3 is 20.5 Å². The van der Waals surface area contributed by atoms with E-state index in [1.165, 1.54) is 0 Å². The lowest BCUT2D eigenvalue weighted by molar-refractivity contribution is 0.0954. The number of rotatable bonds is 9. The molecule has 0 aromatic heterocycles. The molecule has 1 aromatic rings. The quantitative estimate of drug-likeness (QED) is 0.687. The van der Waals surface area contributed by atoms with Gasteiger partial charge >= 0.3 is 0 Å². The van der Waals surface area contributed by atoms with Crippen molar-refractivity contribution >= 4 is 17.5 Å². The lowest BCUT2D eigenvalue weighted by Crippen LogP contribution is -2.29. The standard InChI is InChI=1S/C15H23ClN2O3/c1-3-5-8-21-14-12(16)9-11(10-13(14)20-4-2)15(19)18-7-6-17/h9-10H,3-8,17H2,1-2H3,(H,18,19). The molecular formula is C15H23ClN2O3. The Morgan fingerprint density at radius 1 is 1.33 bits per heavy atom. The summed E-state index contributed by atoms with van der Waals surface area (Å²) in [4.78, 5) is 12.0. The van der Waals surface area contributed by atoms with Gasteiger partial charge in [0.25, 0.3) is 5.91 Å². The second kappa shape index (κ2) is 9.47. The number of ether oxygens (including phenoxy) is 2. The van der Waals surface area contributed by atoms with E-state index in [2.05, 4.69) is 12.2 Å². The normalized spacial score (nSPS) is 10.3. The first kappa shape index (κ1) is 17.6. The summed E-state index contributed by atoms with van der Waals surface area (Å²) in [6.07, 6.45) is 1.96. The molecule has 21 heavy (non-hydrogen) atoms. The van der Waals surface area contributed by atoms with E-state index in [1.54, 1.807) is 12.1 Å². The highest BCUT2D eigenvalue weighted by Gasteiger charge is 2.16. The molecule has 1 aromatic carbocycles. The molecular weight excluding hydrogens is 292 g/mol. The molecule has 3 N–H and O–H groups in total. The van der Waals surface area contributed by atoms with Crippen molar-refractivity contribution in [1.82, 2.24) is 5.32 Å². The van der Waals surface area contributed by atoms with Crippen LogP contribution in [0.1, 0.15) is 37.0 Å². The molecule has 5 nitrogen and oxygen atoms in total. The van der Waals surface area contributed by atoms with E-state index in [-0.39, 0.29) is 5.91 Å². The maximum atomic E-state index is 12.0. The fraction of sp³-hybridized carbons (Fsp3) is 0.533. The Morgan fingerprint density at radius 3 is 2.71 bits per heavy atom. The van der Waals surface area contributed by atoms with E-state index in [1.807, 2.05) is 6.92 Å². The first-order valence-electron chi connectivity index (χ1n) is 7.21. The summed E-state index contributed by atoms with van der Waals surface area (Å²) < 4.78 is 11.2. The van der Waals surface area contributed by atoms with Crippen LogP contribution >= 0.6 is 11.6 Å². The van der Waals surface area contributed by atoms with E-state index in [0.29, 0.717) is 48.4 Å². The topological polar surface area (TPSA) is 73.6 Å². The summed E-state index contributed by atoms with van der Waals surface area (Å²) in [7, 11) is 0. The second-order valence-corrected chi connectivity index (χ2v) is 4.87. The molecule has 0 aliphatic carbocycles. The number of nitrogens with one attached hydrogen (secondary N) is 1. The van der Waals surface area contributed by atoms with Gasteiger partial charge in [0.05, 0.1) is 18.2 Å². The highest BCUT2D eigenvalue weighted by molar-refractivity contribution is 6.32. The third-order valence-electron chi connectivity index (χ3n) is 2.75. The van der Waals surface area contributed by atoms with E-state index < -0.39 is 0 Å². The summed E-state index contributed by atoms with van der Waals surface area (Å²) in [5.41, 5.74) is 5.80. The summed E-state index contributed by atoms with van der Waals surface area (Å²) >= 11 is 6.22. The van der Waals surface area contributed by atoms with Gasteiger partial charge in [-0.1, -0.05) is 24.9 Å². The number of hydrogen-bond acceptors (Lipinski definition) is 4. The average Bonchev–Trinajstić information content (AvgIpc) is 2.47. The van der Waals surface area contributed by atoms with Crippen LogP contribution in [0.15, 0.2) is 12.1 Å². The molecule has 0 unspecified atom stereocenters. The van der Waals surface area contributed by atoms with E-state index in [0.717, 1.165) is 12.8 Å². The van der Waals surface area contributed by atoms with Gasteiger partial charge in [-0.2, -0.15) is 0 Å². The van der Waals surface area contributed by atoms with Gasteiger partial charge in [0, 0.05) is 18.7 Å². The van der Waals surface area contributed by atoms with Crippen LogP contribution in [-0.4, -0.2) is 32.2 Å². The Morgan fingerprint density at radius 2 is 2.10 bits per heavy atom. The zero-order chi connectivity index (χ0) is 15.7. The lowest BCUT2D eigenvalue weighted by Gasteiger charge is -2.15. The number of amides is 1. The molecule has 0 saturated heterocycles. The predicted octanol–water partition coefficient (Wildman–Crippen LogP) is 2.61. The third kappa shape index (κ3) is 5.44. The van der Waals surface area contributed by atoms with Crippen LogP contribution < -0.4 is 20.5 Å². The Kier molecular flexibility index (Phi) is 7.93. The van der Waals surface area contributed by atoms with Crippen molar-refractivity contribution in [3.63, 3.8) is 0 Å². The summed E-state index contributed by atoms with van der Waals surface area (Å²) in [6, 6.07) is 3.22. The molecule has 6 heteroatoms. The summed E-state index contributed by atoms with van der Waals surface area (Å²) in [6.45, 7) is 5.78. The monoisotopic (exact) mass is 314 g/mol. The number of hydrogen-bond donors (Lipinski definition) is 2. The highest BCUT2D eigenvalue weighted by atomic mass is 35.5. The summed E-state index contributed by atoms with van der Waals surface area (Å²) in [5, 5.41) is 3.07. The average molecular weight is 315 g/mol. The molecule has 0 heterocycles. The van der Waals surface area contributed by atoms with Gasteiger partial charge in [-0.25, -0.2) is 0 Å². The minimum Gasteiger partial charge on any atom is -0.490 e. The fourth-order valence-electron chi connectivity index (χ4n) is 1.71. The Balaban J connectivity index is 2.96. The first-order valence-corrected chi connectivity index (χ1v) is 7.59. The number of carbonyl (C=O) groups is 1. The minimum atomic E-state index is -0.233. The van der Waals surface area contributed by atoms with E-state index in [9.17, 15) is 4.79 Å². The molecule has 0 atom stereocenters. The largest absolute Gasteiger partial charge is 0.490 e. The SMILES string of the molecule is CCCCOc1c(Cl)cc(C(=O)NCCN)cc1OCC. The third-order valence-corrected chi connectivity index (χ3v) is 3.03. The van der Waals surface area contributed by atoms with Gasteiger partial charge in [-0.3, -0.25) is 4.79 Å². The number of unbranched alkanes of at least 4 members (excludes halogenated alkanes) is 1. The Bertz CT molecular complexity index is 466. The highest BCUT2D eigenvalue weighted by Crippen LogP contribution is 2.36. The van der Waals surface area contributed by atoms with Crippen molar-refractivity contribution in [2.45, 2.75) is 26.7 Å². The van der Waals surface area contributed by atoms with Crippen molar-refractivity contribution < 1.29 is 14.3 Å². The van der Waals surface area contributed by atoms with E-state index >= 15 is 0 Å². The molecule has 0 fully saturated rings. The zero-order valence-electron chi connectivity index (χ0n) is 12.6. The molecule has 0 radical (unpaired) electrons. The first-order chi connectivity index (χ1) is 10.1. The van der Waals surface area contributed by atoms with Crippen molar-refractivity contribution in [2.24, 2.45) is 5.73 Å². The van der Waals surface area contributed by atoms with Crippen LogP contribution in [0.5, 0.6) is 11.5 Å². The van der Waals surface area contributed by atoms with Crippen LogP contribution in [-0.2, 0) is 0 Å². The van der Waals surface area contributed by atoms with Gasteiger partial charge in [0.1, 0.15) is 0 Å². The molecule has 0 aliphatic rings. The van der Waals surface area contributed by atoms with Crippen molar-refractivity contribution in [2.75, 3.05) is 26.3 Å². The fourth-order valence-corrected chi connectivity index (χ4v) is 1.97. The van der Waals surface area contributed by atoms with Crippen molar-refractivity contribution in [1.29, 1.82) is 0 Å². The lowest BCUT2D eigenvalue weighted by atomic mass is 10.2. The number of nitrogens with two attached hydrogens (primary N) is 1. The number of benzene rings is 1. The smallest absolute Gasteiger partial charge is 0.251 e. The van der Waals surface area contributed by atoms with Crippen molar-refractivity contribution in [3.8, 4) is 11.5 Å². The number of halogens is 1. The molecule has 118 valence electrons. The van der Waals surface area contributed by atoms with Crippen LogP contribution in [0, 0.1) is 0 Å². The molecule has 0 bridgehead atoms. The van der Waals surface area contributed by atoms with Gasteiger partial charge in [-0.15, -0.1) is 0 Å².